The summed E-state index contributed by atoms with van der Waals surface area (Å²) in [6.07, 6.45) is 14.0. The summed E-state index contributed by atoms with van der Waals surface area (Å²) in [7, 11) is 0. The van der Waals surface area contributed by atoms with Crippen LogP contribution in [0.2, 0.25) is 0 Å². The van der Waals surface area contributed by atoms with E-state index in [0.717, 1.165) is 19.1 Å². The van der Waals surface area contributed by atoms with Crippen LogP contribution in [-0.4, -0.2) is 18.8 Å². The minimum absolute atomic E-state index is 0.109. The molecule has 0 heterocycles. The molecule has 3 heteroatoms. The van der Waals surface area contributed by atoms with Crippen molar-refractivity contribution in [2.75, 3.05) is 6.61 Å². The minimum atomic E-state index is -0.277. The van der Waals surface area contributed by atoms with Gasteiger partial charge < -0.3 is 10.1 Å². The van der Waals surface area contributed by atoms with E-state index in [0.29, 0.717) is 6.61 Å². The smallest absolute Gasteiger partial charge is 0.311 e. The predicted octanol–water partition coefficient (Wildman–Crippen LogP) is 4.49. The largest absolute Gasteiger partial charge is 0.465 e. The first-order valence-corrected chi connectivity index (χ1v) is 7.45. The lowest BCUT2D eigenvalue weighted by atomic mass is 10.1. The zero-order valence-corrected chi connectivity index (χ0v) is 11.9. The quantitative estimate of drug-likeness (QED) is 0.299. The predicted molar refractivity (Wildman–Crippen MR) is 76.2 cm³/mol. The number of unbranched alkanes of at least 4 members (excludes halogenated alkanes) is 9. The van der Waals surface area contributed by atoms with E-state index < -0.39 is 0 Å². The Kier molecular flexibility index (Phi) is 13.5. The van der Waals surface area contributed by atoms with Crippen LogP contribution in [0.15, 0.2) is 0 Å². The molecular formula is C15H29NO2. The molecule has 0 radical (unpaired) electrons. The van der Waals surface area contributed by atoms with Crippen molar-refractivity contribution in [2.24, 2.45) is 0 Å². The zero-order valence-electron chi connectivity index (χ0n) is 11.9. The third-order valence-electron chi connectivity index (χ3n) is 3.03. The van der Waals surface area contributed by atoms with E-state index in [1.165, 1.54) is 51.4 Å². The molecule has 0 bridgehead atoms. The van der Waals surface area contributed by atoms with Gasteiger partial charge in [0.2, 0.25) is 0 Å². The summed E-state index contributed by atoms with van der Waals surface area (Å²) in [5.74, 6) is -0.277. The molecule has 0 aliphatic rings. The second kappa shape index (κ2) is 14.2. The van der Waals surface area contributed by atoms with Crippen LogP contribution in [0.25, 0.3) is 0 Å². The molecule has 0 aliphatic heterocycles. The summed E-state index contributed by atoms with van der Waals surface area (Å²) in [6, 6.07) is 0. The molecule has 0 spiro atoms. The van der Waals surface area contributed by atoms with E-state index in [1.54, 1.807) is 0 Å². The van der Waals surface area contributed by atoms with Gasteiger partial charge in [0.15, 0.2) is 0 Å². The van der Waals surface area contributed by atoms with Crippen LogP contribution in [0.4, 0.5) is 0 Å². The molecule has 0 fully saturated rings. The lowest BCUT2D eigenvalue weighted by Crippen LogP contribution is -2.05. The van der Waals surface area contributed by atoms with E-state index in [1.807, 2.05) is 0 Å². The van der Waals surface area contributed by atoms with Crippen LogP contribution in [0.3, 0.4) is 0 Å². The first-order valence-electron chi connectivity index (χ1n) is 7.45. The number of rotatable bonds is 13. The van der Waals surface area contributed by atoms with E-state index in [2.05, 4.69) is 6.92 Å². The molecule has 0 saturated heterocycles. The number of hydrogen-bond donors (Lipinski definition) is 1. The summed E-state index contributed by atoms with van der Waals surface area (Å²) in [5.41, 5.74) is 0. The number of carbonyl (C=O) groups is 1. The van der Waals surface area contributed by atoms with Crippen molar-refractivity contribution in [3.05, 3.63) is 0 Å². The van der Waals surface area contributed by atoms with Crippen molar-refractivity contribution in [3.8, 4) is 0 Å². The van der Waals surface area contributed by atoms with Gasteiger partial charge in [0.1, 0.15) is 0 Å². The summed E-state index contributed by atoms with van der Waals surface area (Å²) < 4.78 is 4.96. The molecule has 0 unspecified atom stereocenters. The fourth-order valence-electron chi connectivity index (χ4n) is 1.92. The van der Waals surface area contributed by atoms with Gasteiger partial charge in [0.05, 0.1) is 13.0 Å². The van der Waals surface area contributed by atoms with E-state index in [4.69, 9.17) is 10.1 Å². The van der Waals surface area contributed by atoms with Gasteiger partial charge in [-0.15, -0.1) is 0 Å². The van der Waals surface area contributed by atoms with Crippen molar-refractivity contribution >= 4 is 12.2 Å². The Labute approximate surface area is 112 Å². The highest BCUT2D eigenvalue weighted by atomic mass is 16.5. The van der Waals surface area contributed by atoms with Crippen LogP contribution in [0.1, 0.15) is 77.6 Å². The van der Waals surface area contributed by atoms with Crippen LogP contribution in [0, 0.1) is 5.41 Å². The Morgan fingerprint density at radius 2 is 1.44 bits per heavy atom. The van der Waals surface area contributed by atoms with Crippen molar-refractivity contribution in [3.63, 3.8) is 0 Å². The van der Waals surface area contributed by atoms with Gasteiger partial charge in [-0.05, 0) is 6.42 Å². The Bertz CT molecular complexity index is 205. The fourth-order valence-corrected chi connectivity index (χ4v) is 1.92. The normalized spacial score (nSPS) is 10.3. The summed E-state index contributed by atoms with van der Waals surface area (Å²) in [6.45, 7) is 2.76. The van der Waals surface area contributed by atoms with Gasteiger partial charge in [-0.2, -0.15) is 0 Å². The monoisotopic (exact) mass is 255 g/mol. The molecule has 0 aromatic rings. The highest BCUT2D eigenvalue weighted by Crippen LogP contribution is 2.10. The summed E-state index contributed by atoms with van der Waals surface area (Å²) in [5, 5.41) is 6.76. The molecule has 0 aromatic heterocycles. The number of esters is 1. The molecular weight excluding hydrogens is 226 g/mol. The number of ether oxygens (including phenoxy) is 1. The first kappa shape index (κ1) is 17.1. The molecule has 0 atom stereocenters. The molecule has 0 aliphatic carbocycles. The average Bonchev–Trinajstić information content (AvgIpc) is 2.36. The van der Waals surface area contributed by atoms with Gasteiger partial charge in [0, 0.05) is 6.21 Å². The fraction of sp³-hybridized carbons (Fsp3) is 0.867. The van der Waals surface area contributed by atoms with Gasteiger partial charge >= 0.3 is 5.97 Å². The number of nitrogens with one attached hydrogen (secondary N) is 1. The molecule has 0 amide bonds. The van der Waals surface area contributed by atoms with Gasteiger partial charge in [-0.3, -0.25) is 4.79 Å². The third kappa shape index (κ3) is 13.2. The van der Waals surface area contributed by atoms with Crippen LogP contribution < -0.4 is 0 Å². The molecule has 0 aromatic carbocycles. The Morgan fingerprint density at radius 3 is 1.94 bits per heavy atom. The summed E-state index contributed by atoms with van der Waals surface area (Å²) in [4.78, 5) is 10.9. The van der Waals surface area contributed by atoms with Crippen molar-refractivity contribution in [2.45, 2.75) is 77.6 Å². The Hall–Kier alpha value is -0.860. The van der Waals surface area contributed by atoms with E-state index in [9.17, 15) is 4.79 Å². The zero-order chi connectivity index (χ0) is 13.5. The second-order valence-electron chi connectivity index (χ2n) is 4.81. The van der Waals surface area contributed by atoms with Crippen molar-refractivity contribution < 1.29 is 9.53 Å². The molecule has 3 nitrogen and oxygen atoms in total. The maximum absolute atomic E-state index is 10.9. The van der Waals surface area contributed by atoms with Crippen LogP contribution in [0.5, 0.6) is 0 Å². The van der Waals surface area contributed by atoms with Crippen LogP contribution in [-0.2, 0) is 9.53 Å². The lowest BCUT2D eigenvalue weighted by Gasteiger charge is -2.03. The van der Waals surface area contributed by atoms with Crippen molar-refractivity contribution in [1.29, 1.82) is 5.41 Å². The Morgan fingerprint density at radius 1 is 0.944 bits per heavy atom. The Balaban J connectivity index is 3.03. The first-order chi connectivity index (χ1) is 8.81. The highest BCUT2D eigenvalue weighted by molar-refractivity contribution is 5.84. The molecule has 1 N–H and O–H groups in total. The van der Waals surface area contributed by atoms with Crippen molar-refractivity contribution in [1.82, 2.24) is 0 Å². The summed E-state index contributed by atoms with van der Waals surface area (Å²) >= 11 is 0. The van der Waals surface area contributed by atoms with Crippen LogP contribution >= 0.6 is 0 Å². The topological polar surface area (TPSA) is 50.2 Å². The van der Waals surface area contributed by atoms with Gasteiger partial charge in [0.25, 0.3) is 0 Å². The molecule has 0 rings (SSSR count). The standard InChI is InChI=1S/C15H29NO2/c1-2-3-4-5-6-7-8-9-10-11-14-18-15(17)12-13-16/h13,16H,2-12,14H2,1H3. The average molecular weight is 255 g/mol. The maximum Gasteiger partial charge on any atom is 0.311 e. The third-order valence-corrected chi connectivity index (χ3v) is 3.03. The lowest BCUT2D eigenvalue weighted by molar-refractivity contribution is -0.142. The number of hydrogen-bond acceptors (Lipinski definition) is 3. The highest BCUT2D eigenvalue weighted by Gasteiger charge is 1.98. The SMILES string of the molecule is CCCCCCCCCCCCOC(=O)CC=N. The molecule has 106 valence electrons. The molecule has 0 saturated carbocycles. The number of carbonyl (C=O) groups excluding carboxylic acids is 1. The minimum Gasteiger partial charge on any atom is -0.465 e. The van der Waals surface area contributed by atoms with E-state index in [-0.39, 0.29) is 12.4 Å². The van der Waals surface area contributed by atoms with Gasteiger partial charge in [-0.1, -0.05) is 64.7 Å². The van der Waals surface area contributed by atoms with Gasteiger partial charge in [-0.25, -0.2) is 0 Å². The maximum atomic E-state index is 10.9. The van der Waals surface area contributed by atoms with E-state index >= 15 is 0 Å². The second-order valence-corrected chi connectivity index (χ2v) is 4.81. The molecule has 18 heavy (non-hydrogen) atoms.